The van der Waals surface area contributed by atoms with Gasteiger partial charge in [0.05, 0.1) is 9.88 Å². The maximum Gasteiger partial charge on any atom is 0.329 e. The standard InChI is InChI=1S/C18H21N3O4S/c1-3-11-18(2,16(23)24)21-15(22)13-9-10-14(26-13)20-17(25)19-12-7-5-4-6-8-12/h4-10H,3,11H2,1-2H3,(H,21,22)(H,23,24)(H2,19,20,25). The van der Waals surface area contributed by atoms with Gasteiger partial charge in [-0.3, -0.25) is 10.1 Å². The highest BCUT2D eigenvalue weighted by Crippen LogP contribution is 2.23. The first-order chi connectivity index (χ1) is 12.3. The third-order valence-corrected chi connectivity index (χ3v) is 4.71. The highest BCUT2D eigenvalue weighted by atomic mass is 32.1. The third kappa shape index (κ3) is 5.06. The maximum absolute atomic E-state index is 12.3. The van der Waals surface area contributed by atoms with Gasteiger partial charge in [-0.1, -0.05) is 31.5 Å². The van der Waals surface area contributed by atoms with Gasteiger partial charge in [-0.15, -0.1) is 11.3 Å². The highest BCUT2D eigenvalue weighted by Gasteiger charge is 2.34. The topological polar surface area (TPSA) is 108 Å². The number of para-hydroxylation sites is 1. The number of rotatable bonds is 7. The van der Waals surface area contributed by atoms with Crippen LogP contribution in [0.5, 0.6) is 0 Å². The van der Waals surface area contributed by atoms with Crippen LogP contribution in [0.1, 0.15) is 36.4 Å². The second-order valence-electron chi connectivity index (χ2n) is 5.95. The molecule has 8 heteroatoms. The lowest BCUT2D eigenvalue weighted by Crippen LogP contribution is -2.51. The molecule has 0 aliphatic heterocycles. The zero-order chi connectivity index (χ0) is 19.2. The number of hydrogen-bond donors (Lipinski definition) is 4. The summed E-state index contributed by atoms with van der Waals surface area (Å²) in [5.41, 5.74) is -0.676. The molecule has 138 valence electrons. The minimum atomic E-state index is -1.33. The van der Waals surface area contributed by atoms with Crippen molar-refractivity contribution in [3.8, 4) is 0 Å². The smallest absolute Gasteiger partial charge is 0.329 e. The molecule has 0 spiro atoms. The normalized spacial score (nSPS) is 12.7. The van der Waals surface area contributed by atoms with Crippen LogP contribution in [0.15, 0.2) is 42.5 Å². The Labute approximate surface area is 155 Å². The van der Waals surface area contributed by atoms with Gasteiger partial charge in [0.1, 0.15) is 5.54 Å². The van der Waals surface area contributed by atoms with E-state index in [9.17, 15) is 19.5 Å². The summed E-state index contributed by atoms with van der Waals surface area (Å²) in [6.07, 6.45) is 0.948. The van der Waals surface area contributed by atoms with Gasteiger partial charge < -0.3 is 15.7 Å². The van der Waals surface area contributed by atoms with Gasteiger partial charge >= 0.3 is 12.0 Å². The number of carbonyl (C=O) groups excluding carboxylic acids is 2. The van der Waals surface area contributed by atoms with Crippen molar-refractivity contribution in [2.45, 2.75) is 32.2 Å². The van der Waals surface area contributed by atoms with E-state index in [0.29, 0.717) is 28.4 Å². The van der Waals surface area contributed by atoms with Crippen molar-refractivity contribution in [1.29, 1.82) is 0 Å². The lowest BCUT2D eigenvalue weighted by molar-refractivity contribution is -0.144. The number of nitrogens with one attached hydrogen (secondary N) is 3. The van der Waals surface area contributed by atoms with E-state index in [4.69, 9.17) is 0 Å². The second-order valence-corrected chi connectivity index (χ2v) is 7.03. The summed E-state index contributed by atoms with van der Waals surface area (Å²) in [4.78, 5) is 36.1. The SMILES string of the molecule is CCCC(C)(NC(=O)c1ccc(NC(=O)Nc2ccccc2)s1)C(=O)O. The van der Waals surface area contributed by atoms with Crippen LogP contribution >= 0.6 is 11.3 Å². The first-order valence-electron chi connectivity index (χ1n) is 8.13. The van der Waals surface area contributed by atoms with E-state index in [1.54, 1.807) is 36.4 Å². The second kappa shape index (κ2) is 8.48. The van der Waals surface area contributed by atoms with Gasteiger partial charge in [0.2, 0.25) is 0 Å². The summed E-state index contributed by atoms with van der Waals surface area (Å²) in [5, 5.41) is 17.7. The molecule has 1 aromatic heterocycles. The van der Waals surface area contributed by atoms with Crippen molar-refractivity contribution < 1.29 is 19.5 Å². The molecule has 0 fully saturated rings. The van der Waals surface area contributed by atoms with Crippen LogP contribution in [0, 0.1) is 0 Å². The molecular formula is C18H21N3O4S. The molecule has 0 bridgehead atoms. The number of aliphatic carboxylic acids is 1. The van der Waals surface area contributed by atoms with E-state index < -0.39 is 23.4 Å². The Morgan fingerprint density at radius 2 is 1.77 bits per heavy atom. The van der Waals surface area contributed by atoms with Gasteiger partial charge in [-0.25, -0.2) is 9.59 Å². The summed E-state index contributed by atoms with van der Waals surface area (Å²) >= 11 is 1.07. The number of thiophene rings is 1. The van der Waals surface area contributed by atoms with Crippen LogP contribution in [0.4, 0.5) is 15.5 Å². The van der Waals surface area contributed by atoms with Gasteiger partial charge in [0.15, 0.2) is 0 Å². The molecule has 1 unspecified atom stereocenters. The summed E-state index contributed by atoms with van der Waals surface area (Å²) in [7, 11) is 0. The van der Waals surface area contributed by atoms with E-state index in [-0.39, 0.29) is 0 Å². The zero-order valence-electron chi connectivity index (χ0n) is 14.5. The number of carboxylic acids is 1. The molecule has 7 nitrogen and oxygen atoms in total. The molecule has 0 saturated heterocycles. The van der Waals surface area contributed by atoms with Crippen molar-refractivity contribution in [1.82, 2.24) is 5.32 Å². The zero-order valence-corrected chi connectivity index (χ0v) is 15.4. The fraction of sp³-hybridized carbons (Fsp3) is 0.278. The Balaban J connectivity index is 1.99. The quantitative estimate of drug-likeness (QED) is 0.591. The van der Waals surface area contributed by atoms with Gasteiger partial charge in [-0.05, 0) is 37.6 Å². The van der Waals surface area contributed by atoms with Gasteiger partial charge in [-0.2, -0.15) is 0 Å². The number of benzene rings is 1. The molecule has 0 aliphatic carbocycles. The Morgan fingerprint density at radius 1 is 1.08 bits per heavy atom. The average Bonchev–Trinajstić information content (AvgIpc) is 3.04. The molecular weight excluding hydrogens is 354 g/mol. The van der Waals surface area contributed by atoms with E-state index in [1.807, 2.05) is 13.0 Å². The fourth-order valence-electron chi connectivity index (χ4n) is 2.36. The molecule has 0 aliphatic rings. The van der Waals surface area contributed by atoms with Crippen molar-refractivity contribution in [2.75, 3.05) is 10.6 Å². The van der Waals surface area contributed by atoms with Crippen molar-refractivity contribution >= 4 is 39.9 Å². The van der Waals surface area contributed by atoms with Crippen molar-refractivity contribution in [3.63, 3.8) is 0 Å². The molecule has 3 amide bonds. The lowest BCUT2D eigenvalue weighted by atomic mass is 9.96. The Morgan fingerprint density at radius 3 is 2.38 bits per heavy atom. The maximum atomic E-state index is 12.3. The number of urea groups is 1. The molecule has 2 rings (SSSR count). The average molecular weight is 375 g/mol. The summed E-state index contributed by atoms with van der Waals surface area (Å²) in [6.45, 7) is 3.34. The van der Waals surface area contributed by atoms with Crippen LogP contribution in [0.25, 0.3) is 0 Å². The molecule has 1 heterocycles. The number of carboxylic acid groups (broad SMARTS) is 1. The predicted molar refractivity (Wildman–Crippen MR) is 102 cm³/mol. The molecule has 0 radical (unpaired) electrons. The highest BCUT2D eigenvalue weighted by molar-refractivity contribution is 7.18. The van der Waals surface area contributed by atoms with E-state index >= 15 is 0 Å². The number of anilines is 2. The van der Waals surface area contributed by atoms with Gasteiger partial charge in [0.25, 0.3) is 5.91 Å². The van der Waals surface area contributed by atoms with E-state index in [2.05, 4.69) is 16.0 Å². The fourth-order valence-corrected chi connectivity index (χ4v) is 3.15. The number of hydrogen-bond acceptors (Lipinski definition) is 4. The number of carbonyl (C=O) groups is 3. The Bertz CT molecular complexity index is 791. The van der Waals surface area contributed by atoms with Crippen LogP contribution in [0.2, 0.25) is 0 Å². The summed E-state index contributed by atoms with van der Waals surface area (Å²) in [6, 6.07) is 11.7. The number of amides is 3. The third-order valence-electron chi connectivity index (χ3n) is 3.71. The van der Waals surface area contributed by atoms with E-state index in [1.165, 1.54) is 6.92 Å². The molecule has 1 aromatic carbocycles. The predicted octanol–water partition coefficient (Wildman–Crippen LogP) is 3.77. The Kier molecular flexibility index (Phi) is 6.35. The minimum Gasteiger partial charge on any atom is -0.480 e. The van der Waals surface area contributed by atoms with Crippen LogP contribution in [-0.2, 0) is 4.79 Å². The largest absolute Gasteiger partial charge is 0.480 e. The molecule has 0 saturated carbocycles. The van der Waals surface area contributed by atoms with E-state index in [0.717, 1.165) is 11.3 Å². The monoisotopic (exact) mass is 375 g/mol. The summed E-state index contributed by atoms with van der Waals surface area (Å²) in [5.74, 6) is -1.56. The molecule has 1 atom stereocenters. The molecule has 26 heavy (non-hydrogen) atoms. The van der Waals surface area contributed by atoms with Crippen LogP contribution in [0.3, 0.4) is 0 Å². The first-order valence-corrected chi connectivity index (χ1v) is 8.94. The Hall–Kier alpha value is -2.87. The van der Waals surface area contributed by atoms with Gasteiger partial charge in [0, 0.05) is 5.69 Å². The van der Waals surface area contributed by atoms with Crippen molar-refractivity contribution in [3.05, 3.63) is 47.3 Å². The van der Waals surface area contributed by atoms with Crippen molar-refractivity contribution in [2.24, 2.45) is 0 Å². The first kappa shape index (κ1) is 19.5. The van der Waals surface area contributed by atoms with Crippen LogP contribution < -0.4 is 16.0 Å². The molecule has 4 N–H and O–H groups in total. The lowest BCUT2D eigenvalue weighted by Gasteiger charge is -2.25. The van der Waals surface area contributed by atoms with Crippen LogP contribution in [-0.4, -0.2) is 28.6 Å². The summed E-state index contributed by atoms with van der Waals surface area (Å²) < 4.78 is 0. The molecule has 2 aromatic rings. The minimum absolute atomic E-state index is 0.323.